The molecule has 0 bridgehead atoms. The van der Waals surface area contributed by atoms with Crippen LogP contribution in [0.15, 0.2) is 84.9 Å². The summed E-state index contributed by atoms with van der Waals surface area (Å²) < 4.78 is 132. The molecule has 290 valence electrons. The van der Waals surface area contributed by atoms with Crippen LogP contribution in [-0.2, 0) is 12.4 Å². The average Bonchev–Trinajstić information content (AvgIpc) is 3.71. The number of benzene rings is 4. The van der Waals surface area contributed by atoms with Gasteiger partial charge in [0.05, 0.1) is 20.9 Å². The zero-order valence-electron chi connectivity index (χ0n) is 27.3. The minimum absolute atomic E-state index is 0.0905. The Balaban J connectivity index is 0.000000215. The smallest absolute Gasteiger partial charge is 0.416 e. The Hall–Kier alpha value is -6.35. The number of carbonyl (C=O) groups excluding carboxylic acids is 2. The number of hydrogen-bond donors (Lipinski definition) is 4. The van der Waals surface area contributed by atoms with Gasteiger partial charge in [-0.3, -0.25) is 20.2 Å². The molecule has 0 atom stereocenters. The van der Waals surface area contributed by atoms with Crippen molar-refractivity contribution in [3.8, 4) is 20.9 Å². The van der Waals surface area contributed by atoms with E-state index >= 15 is 0 Å². The third kappa shape index (κ3) is 9.29. The lowest BCUT2D eigenvalue weighted by Gasteiger charge is -2.08. The first-order valence-corrected chi connectivity index (χ1v) is 16.7. The third-order valence-corrected chi connectivity index (χ3v) is 9.26. The standard InChI is InChI=1S/C18H9F5N2O3S.C17H10F5N3OS/c19-10-5-2-6-11(20)12(10)15(26)25-17-24-13(16(27)28)14(29-17)8-3-1-4-9(7-8)18(21,22)23;18-10-5-2-6-11(19)12(10)15(26)25-16-24-14(23)13(27-16)8-3-1-4-9(7-8)17(20,21)22/h1-7H,(H,27,28)(H,24,25,26);1-7H,23H2,(H,24,25,26). The van der Waals surface area contributed by atoms with Gasteiger partial charge in [0.25, 0.3) is 11.8 Å². The van der Waals surface area contributed by atoms with Crippen LogP contribution in [0.5, 0.6) is 0 Å². The van der Waals surface area contributed by atoms with Crippen molar-refractivity contribution in [3.05, 3.63) is 136 Å². The van der Waals surface area contributed by atoms with Crippen molar-refractivity contribution in [2.24, 2.45) is 0 Å². The maximum atomic E-state index is 13.7. The van der Waals surface area contributed by atoms with Crippen molar-refractivity contribution < 1.29 is 63.4 Å². The SMILES string of the molecule is Nc1nc(NC(=O)c2c(F)cccc2F)sc1-c1cccc(C(F)(F)F)c1.O=C(O)c1nc(NC(=O)c2c(F)cccc2F)sc1-c1cccc(C(F)(F)F)c1. The van der Waals surface area contributed by atoms with Crippen LogP contribution in [0.1, 0.15) is 42.3 Å². The Bertz CT molecular complexity index is 2430. The second-order valence-corrected chi connectivity index (χ2v) is 13.0. The molecular formula is C35H19F10N5O4S2. The Morgan fingerprint density at radius 1 is 0.589 bits per heavy atom. The molecule has 5 N–H and O–H groups in total. The number of hydrogen-bond acceptors (Lipinski definition) is 8. The summed E-state index contributed by atoms with van der Waals surface area (Å²) in [6.07, 6.45) is -9.18. The molecular weight excluding hydrogens is 809 g/mol. The lowest BCUT2D eigenvalue weighted by Crippen LogP contribution is -2.15. The summed E-state index contributed by atoms with van der Waals surface area (Å²) in [7, 11) is 0. The quantitative estimate of drug-likeness (QED) is 0.117. The van der Waals surface area contributed by atoms with Crippen LogP contribution in [0.4, 0.5) is 60.0 Å². The summed E-state index contributed by atoms with van der Waals surface area (Å²) in [6, 6.07) is 14.0. The number of carboxylic acid groups (broad SMARTS) is 1. The molecule has 0 fully saturated rings. The molecule has 6 aromatic rings. The molecule has 9 nitrogen and oxygen atoms in total. The minimum Gasteiger partial charge on any atom is -0.476 e. The predicted molar refractivity (Wildman–Crippen MR) is 185 cm³/mol. The number of nitrogens with zero attached hydrogens (tertiary/aromatic N) is 2. The third-order valence-electron chi connectivity index (χ3n) is 7.21. The molecule has 2 amide bonds. The predicted octanol–water partition coefficient (Wildman–Crippen LogP) is 10.00. The molecule has 2 heterocycles. The number of thiazole rings is 2. The van der Waals surface area contributed by atoms with Gasteiger partial charge in [-0.1, -0.05) is 59.1 Å². The molecule has 0 aliphatic carbocycles. The van der Waals surface area contributed by atoms with E-state index in [9.17, 15) is 63.4 Å². The van der Waals surface area contributed by atoms with Gasteiger partial charge in [0.15, 0.2) is 16.0 Å². The van der Waals surface area contributed by atoms with Crippen LogP contribution in [0, 0.1) is 23.3 Å². The molecule has 6 rings (SSSR count). The summed E-state index contributed by atoms with van der Waals surface area (Å²) in [6.45, 7) is 0. The molecule has 0 saturated carbocycles. The van der Waals surface area contributed by atoms with Crippen molar-refractivity contribution in [2.45, 2.75) is 12.4 Å². The molecule has 21 heteroatoms. The van der Waals surface area contributed by atoms with Crippen LogP contribution in [-0.4, -0.2) is 32.9 Å². The first-order valence-electron chi connectivity index (χ1n) is 15.1. The van der Waals surface area contributed by atoms with Crippen LogP contribution in [0.2, 0.25) is 0 Å². The fraction of sp³-hybridized carbons (Fsp3) is 0.0571. The highest BCUT2D eigenvalue weighted by Crippen LogP contribution is 2.39. The first-order chi connectivity index (χ1) is 26.2. The van der Waals surface area contributed by atoms with Gasteiger partial charge in [0, 0.05) is 0 Å². The van der Waals surface area contributed by atoms with E-state index in [0.717, 1.165) is 78.1 Å². The summed E-state index contributed by atoms with van der Waals surface area (Å²) in [5, 5.41) is 13.1. The highest BCUT2D eigenvalue weighted by Gasteiger charge is 2.32. The number of nitrogens with one attached hydrogen (secondary N) is 2. The lowest BCUT2D eigenvalue weighted by molar-refractivity contribution is -0.138. The number of rotatable bonds is 7. The van der Waals surface area contributed by atoms with Gasteiger partial charge in [-0.25, -0.2) is 32.3 Å². The number of anilines is 3. The van der Waals surface area contributed by atoms with Gasteiger partial charge in [-0.15, -0.1) is 0 Å². The van der Waals surface area contributed by atoms with Crippen molar-refractivity contribution in [2.75, 3.05) is 16.4 Å². The molecule has 4 aromatic carbocycles. The summed E-state index contributed by atoms with van der Waals surface area (Å²) in [5.74, 6) is -8.39. The summed E-state index contributed by atoms with van der Waals surface area (Å²) in [5.41, 5.74) is 1.60. The summed E-state index contributed by atoms with van der Waals surface area (Å²) >= 11 is 1.35. The van der Waals surface area contributed by atoms with Crippen LogP contribution >= 0.6 is 22.7 Å². The number of halogens is 10. The number of carboxylic acids is 1. The highest BCUT2D eigenvalue weighted by atomic mass is 32.1. The second kappa shape index (κ2) is 16.2. The Kier molecular flexibility index (Phi) is 11.8. The molecule has 0 aliphatic heterocycles. The fourth-order valence-corrected chi connectivity index (χ4v) is 6.55. The Morgan fingerprint density at radius 2 is 0.964 bits per heavy atom. The maximum Gasteiger partial charge on any atom is 0.416 e. The monoisotopic (exact) mass is 827 g/mol. The number of alkyl halides is 6. The number of aromatic nitrogens is 2. The van der Waals surface area contributed by atoms with E-state index in [1.807, 2.05) is 0 Å². The van der Waals surface area contributed by atoms with Crippen molar-refractivity contribution in [1.82, 2.24) is 9.97 Å². The van der Waals surface area contributed by atoms with E-state index in [1.54, 1.807) is 0 Å². The van der Waals surface area contributed by atoms with Crippen LogP contribution in [0.3, 0.4) is 0 Å². The number of nitrogen functional groups attached to an aromatic ring is 1. The molecule has 0 saturated heterocycles. The fourth-order valence-electron chi connectivity index (χ4n) is 4.73. The second-order valence-electron chi connectivity index (χ2n) is 11.0. The highest BCUT2D eigenvalue weighted by molar-refractivity contribution is 7.20. The molecule has 0 spiro atoms. The number of amides is 2. The van der Waals surface area contributed by atoms with E-state index in [4.69, 9.17) is 5.73 Å². The zero-order valence-corrected chi connectivity index (χ0v) is 29.0. The van der Waals surface area contributed by atoms with Gasteiger partial charge in [-0.05, 0) is 59.7 Å². The molecule has 56 heavy (non-hydrogen) atoms. The van der Waals surface area contributed by atoms with E-state index < -0.39 is 81.4 Å². The van der Waals surface area contributed by atoms with Crippen molar-refractivity contribution in [3.63, 3.8) is 0 Å². The molecule has 0 radical (unpaired) electrons. The number of nitrogens with two attached hydrogens (primary N) is 1. The first kappa shape index (κ1) is 40.8. The number of aromatic carboxylic acids is 1. The minimum atomic E-state index is -4.65. The topological polar surface area (TPSA) is 147 Å². The van der Waals surface area contributed by atoms with Gasteiger partial charge in [0.1, 0.15) is 40.2 Å². The largest absolute Gasteiger partial charge is 0.476 e. The summed E-state index contributed by atoms with van der Waals surface area (Å²) in [4.78, 5) is 43.2. The van der Waals surface area contributed by atoms with E-state index in [-0.39, 0.29) is 37.0 Å². The average molecular weight is 828 g/mol. The Morgan fingerprint density at radius 3 is 1.38 bits per heavy atom. The maximum absolute atomic E-state index is 13.7. The van der Waals surface area contributed by atoms with E-state index in [0.29, 0.717) is 11.3 Å². The Labute approximate surface area is 315 Å². The van der Waals surface area contributed by atoms with Gasteiger partial charge < -0.3 is 10.8 Å². The molecule has 0 aliphatic rings. The van der Waals surface area contributed by atoms with Crippen LogP contribution in [0.25, 0.3) is 20.9 Å². The molecule has 2 aromatic heterocycles. The van der Waals surface area contributed by atoms with E-state index in [1.165, 1.54) is 18.2 Å². The number of carbonyl (C=O) groups is 3. The van der Waals surface area contributed by atoms with Crippen molar-refractivity contribution >= 4 is 56.5 Å². The van der Waals surface area contributed by atoms with E-state index in [2.05, 4.69) is 20.6 Å². The lowest BCUT2D eigenvalue weighted by atomic mass is 10.1. The van der Waals surface area contributed by atoms with Crippen molar-refractivity contribution in [1.29, 1.82) is 0 Å². The zero-order chi connectivity index (χ0) is 41.1. The molecule has 0 unspecified atom stereocenters. The van der Waals surface area contributed by atoms with Gasteiger partial charge in [-0.2, -0.15) is 26.3 Å². The van der Waals surface area contributed by atoms with Crippen LogP contribution < -0.4 is 16.4 Å². The van der Waals surface area contributed by atoms with Gasteiger partial charge in [0.2, 0.25) is 0 Å². The van der Waals surface area contributed by atoms with Gasteiger partial charge >= 0.3 is 18.3 Å². The normalized spacial score (nSPS) is 11.4.